The minimum atomic E-state index is 0.270. The Morgan fingerprint density at radius 3 is 2.92 bits per heavy atom. The van der Waals surface area contributed by atoms with Gasteiger partial charge in [-0.3, -0.25) is 4.98 Å². The summed E-state index contributed by atoms with van der Waals surface area (Å²) >= 11 is 0. The molecule has 70 valence electrons. The first-order valence-electron chi connectivity index (χ1n) is 4.71. The van der Waals surface area contributed by atoms with E-state index in [2.05, 4.69) is 4.98 Å². The summed E-state index contributed by atoms with van der Waals surface area (Å²) in [5.41, 5.74) is 13.7. The molecule has 1 aliphatic rings. The minimum Gasteiger partial charge on any atom is -0.398 e. The van der Waals surface area contributed by atoms with E-state index < -0.39 is 0 Å². The highest BCUT2D eigenvalue weighted by Gasteiger charge is 2.28. The summed E-state index contributed by atoms with van der Waals surface area (Å²) in [5.74, 6) is 0.722. The molecule has 0 aliphatic heterocycles. The summed E-state index contributed by atoms with van der Waals surface area (Å²) < 4.78 is 0. The molecular formula is C10H15N3. The van der Waals surface area contributed by atoms with Gasteiger partial charge in [0.2, 0.25) is 0 Å². The molecule has 1 aromatic rings. The first-order valence-corrected chi connectivity index (χ1v) is 4.71. The average Bonchev–Trinajstić information content (AvgIpc) is 2.91. The molecule has 1 fully saturated rings. The van der Waals surface area contributed by atoms with Crippen LogP contribution < -0.4 is 11.5 Å². The number of pyridine rings is 1. The minimum absolute atomic E-state index is 0.270. The fourth-order valence-corrected chi connectivity index (χ4v) is 1.55. The molecule has 0 spiro atoms. The average molecular weight is 177 g/mol. The van der Waals surface area contributed by atoms with Crippen molar-refractivity contribution < 1.29 is 0 Å². The lowest BCUT2D eigenvalue weighted by Crippen LogP contribution is -2.25. The number of aromatic nitrogens is 1. The van der Waals surface area contributed by atoms with Crippen LogP contribution in [0.4, 0.5) is 5.69 Å². The highest BCUT2D eigenvalue weighted by molar-refractivity contribution is 5.44. The van der Waals surface area contributed by atoms with E-state index in [0.29, 0.717) is 0 Å². The molecule has 1 unspecified atom stereocenters. The van der Waals surface area contributed by atoms with Gasteiger partial charge in [-0.1, -0.05) is 0 Å². The van der Waals surface area contributed by atoms with Gasteiger partial charge in [-0.05, 0) is 36.8 Å². The number of nitrogens with zero attached hydrogens (tertiary/aromatic N) is 1. The van der Waals surface area contributed by atoms with Crippen molar-refractivity contribution in [3.8, 4) is 0 Å². The molecule has 0 saturated heterocycles. The Labute approximate surface area is 78.1 Å². The Balaban J connectivity index is 2.03. The maximum Gasteiger partial charge on any atom is 0.0378 e. The second-order valence-corrected chi connectivity index (χ2v) is 3.78. The van der Waals surface area contributed by atoms with Gasteiger partial charge in [0.25, 0.3) is 0 Å². The van der Waals surface area contributed by atoms with Crippen LogP contribution in [-0.2, 0) is 6.42 Å². The van der Waals surface area contributed by atoms with Crippen LogP contribution in [0, 0.1) is 5.92 Å². The van der Waals surface area contributed by atoms with Gasteiger partial charge >= 0.3 is 0 Å². The van der Waals surface area contributed by atoms with Gasteiger partial charge in [0.1, 0.15) is 0 Å². The molecule has 1 saturated carbocycles. The molecular weight excluding hydrogens is 162 g/mol. The summed E-state index contributed by atoms with van der Waals surface area (Å²) in [6.07, 6.45) is 6.95. The summed E-state index contributed by atoms with van der Waals surface area (Å²) in [6, 6.07) is 2.10. The van der Waals surface area contributed by atoms with Crippen molar-refractivity contribution >= 4 is 5.69 Å². The van der Waals surface area contributed by atoms with Gasteiger partial charge < -0.3 is 11.5 Å². The van der Waals surface area contributed by atoms with E-state index in [9.17, 15) is 0 Å². The van der Waals surface area contributed by atoms with Crippen LogP contribution in [0.5, 0.6) is 0 Å². The smallest absolute Gasteiger partial charge is 0.0378 e. The molecule has 0 bridgehead atoms. The van der Waals surface area contributed by atoms with Crippen LogP contribution in [-0.4, -0.2) is 11.0 Å². The van der Waals surface area contributed by atoms with Crippen molar-refractivity contribution in [1.29, 1.82) is 0 Å². The van der Waals surface area contributed by atoms with Crippen LogP contribution in [0.1, 0.15) is 18.4 Å². The van der Waals surface area contributed by atoms with Crippen LogP contribution in [0.3, 0.4) is 0 Å². The van der Waals surface area contributed by atoms with Gasteiger partial charge in [-0.25, -0.2) is 0 Å². The molecule has 4 N–H and O–H groups in total. The number of nitrogens with two attached hydrogens (primary N) is 2. The van der Waals surface area contributed by atoms with Crippen molar-refractivity contribution in [2.75, 3.05) is 5.73 Å². The third-order valence-corrected chi connectivity index (χ3v) is 2.62. The maximum absolute atomic E-state index is 6.00. The Kier molecular flexibility index (Phi) is 2.19. The van der Waals surface area contributed by atoms with E-state index in [-0.39, 0.29) is 6.04 Å². The third kappa shape index (κ3) is 1.98. The molecule has 0 aromatic carbocycles. The lowest BCUT2D eigenvalue weighted by molar-refractivity contribution is 0.591. The monoisotopic (exact) mass is 177 g/mol. The van der Waals surface area contributed by atoms with E-state index in [1.807, 2.05) is 12.3 Å². The molecule has 1 aliphatic carbocycles. The van der Waals surface area contributed by atoms with E-state index >= 15 is 0 Å². The summed E-state index contributed by atoms with van der Waals surface area (Å²) in [4.78, 5) is 4.04. The molecule has 3 nitrogen and oxygen atoms in total. The van der Waals surface area contributed by atoms with Crippen molar-refractivity contribution in [2.24, 2.45) is 11.7 Å². The molecule has 13 heavy (non-hydrogen) atoms. The number of nitrogen functional groups attached to an aromatic ring is 1. The van der Waals surface area contributed by atoms with Gasteiger partial charge in [0.05, 0.1) is 0 Å². The zero-order chi connectivity index (χ0) is 9.26. The number of hydrogen-bond acceptors (Lipinski definition) is 3. The van der Waals surface area contributed by atoms with Crippen molar-refractivity contribution in [3.05, 3.63) is 24.0 Å². The van der Waals surface area contributed by atoms with E-state index in [0.717, 1.165) is 23.6 Å². The van der Waals surface area contributed by atoms with Crippen molar-refractivity contribution in [3.63, 3.8) is 0 Å². The quantitative estimate of drug-likeness (QED) is 0.722. The normalized spacial score (nSPS) is 18.5. The molecule has 3 heteroatoms. The number of anilines is 1. The fraction of sp³-hybridized carbons (Fsp3) is 0.500. The van der Waals surface area contributed by atoms with Crippen molar-refractivity contribution in [1.82, 2.24) is 4.98 Å². The van der Waals surface area contributed by atoms with Gasteiger partial charge in [-0.15, -0.1) is 0 Å². The standard InChI is InChI=1S/C10H15N3/c11-9-3-4-13-6-8(9)5-10(12)7-1-2-7/h3-4,6-7,10H,1-2,5,12H2,(H2,11,13). The fourth-order valence-electron chi connectivity index (χ4n) is 1.55. The molecule has 2 rings (SSSR count). The summed E-state index contributed by atoms with van der Waals surface area (Å²) in [7, 11) is 0. The summed E-state index contributed by atoms with van der Waals surface area (Å²) in [6.45, 7) is 0. The molecule has 1 atom stereocenters. The largest absolute Gasteiger partial charge is 0.398 e. The van der Waals surface area contributed by atoms with Crippen LogP contribution in [0.15, 0.2) is 18.5 Å². The predicted molar refractivity (Wildman–Crippen MR) is 53.1 cm³/mol. The molecule has 1 aromatic heterocycles. The highest BCUT2D eigenvalue weighted by atomic mass is 14.7. The van der Waals surface area contributed by atoms with Gasteiger partial charge in [0, 0.05) is 24.1 Å². The van der Waals surface area contributed by atoms with Gasteiger partial charge in [0.15, 0.2) is 0 Å². The lowest BCUT2D eigenvalue weighted by atomic mass is 10.0. The predicted octanol–water partition coefficient (Wildman–Crippen LogP) is 0.944. The van der Waals surface area contributed by atoms with E-state index in [1.54, 1.807) is 6.20 Å². The highest BCUT2D eigenvalue weighted by Crippen LogP contribution is 2.33. The first kappa shape index (κ1) is 8.51. The maximum atomic E-state index is 6.00. The molecule has 0 amide bonds. The van der Waals surface area contributed by atoms with E-state index in [1.165, 1.54) is 12.8 Å². The Bertz CT molecular complexity index is 294. The first-order chi connectivity index (χ1) is 6.27. The van der Waals surface area contributed by atoms with E-state index in [4.69, 9.17) is 11.5 Å². The van der Waals surface area contributed by atoms with Crippen LogP contribution in [0.25, 0.3) is 0 Å². The Hall–Kier alpha value is -1.09. The second kappa shape index (κ2) is 3.34. The number of hydrogen-bond donors (Lipinski definition) is 2. The number of rotatable bonds is 3. The Morgan fingerprint density at radius 1 is 1.54 bits per heavy atom. The second-order valence-electron chi connectivity index (χ2n) is 3.78. The van der Waals surface area contributed by atoms with Gasteiger partial charge in [-0.2, -0.15) is 0 Å². The molecule has 1 heterocycles. The molecule has 0 radical (unpaired) electrons. The van der Waals surface area contributed by atoms with Crippen molar-refractivity contribution in [2.45, 2.75) is 25.3 Å². The SMILES string of the molecule is Nc1ccncc1CC(N)C1CC1. The topological polar surface area (TPSA) is 64.9 Å². The van der Waals surface area contributed by atoms with Crippen LogP contribution in [0.2, 0.25) is 0 Å². The summed E-state index contributed by atoms with van der Waals surface area (Å²) in [5, 5.41) is 0. The van der Waals surface area contributed by atoms with Crippen LogP contribution >= 0.6 is 0 Å². The third-order valence-electron chi connectivity index (χ3n) is 2.62. The zero-order valence-electron chi connectivity index (χ0n) is 7.61. The lowest BCUT2D eigenvalue weighted by Gasteiger charge is -2.11. The Morgan fingerprint density at radius 2 is 2.31 bits per heavy atom. The zero-order valence-corrected chi connectivity index (χ0v) is 7.61.